The van der Waals surface area contributed by atoms with E-state index in [4.69, 9.17) is 4.74 Å². The van der Waals surface area contributed by atoms with Crippen LogP contribution in [0.5, 0.6) is 0 Å². The molecule has 1 atom stereocenters. The second kappa shape index (κ2) is 13.3. The van der Waals surface area contributed by atoms with Gasteiger partial charge in [-0.15, -0.1) is 36.2 Å². The maximum Gasteiger partial charge on any atom is 0.234 e. The Morgan fingerprint density at radius 3 is 2.67 bits per heavy atom. The summed E-state index contributed by atoms with van der Waals surface area (Å²) in [5, 5.41) is 8.03. The van der Waals surface area contributed by atoms with Crippen LogP contribution in [0.15, 0.2) is 17.5 Å². The molecule has 5 nitrogen and oxygen atoms in total. The van der Waals surface area contributed by atoms with Crippen molar-refractivity contribution in [2.24, 2.45) is 0 Å². The van der Waals surface area contributed by atoms with Crippen LogP contribution in [0, 0.1) is 0 Å². The van der Waals surface area contributed by atoms with Gasteiger partial charge in [0.15, 0.2) is 0 Å². The van der Waals surface area contributed by atoms with E-state index in [0.717, 1.165) is 0 Å². The average Bonchev–Trinajstić information content (AvgIpc) is 2.88. The summed E-state index contributed by atoms with van der Waals surface area (Å²) in [6.45, 7) is 2.25. The highest BCUT2D eigenvalue weighted by molar-refractivity contribution is 7.10. The molecule has 0 bridgehead atoms. The van der Waals surface area contributed by atoms with E-state index < -0.39 is 0 Å². The van der Waals surface area contributed by atoms with Crippen molar-refractivity contribution < 1.29 is 9.53 Å². The smallest absolute Gasteiger partial charge is 0.234 e. The largest absolute Gasteiger partial charge is 0.383 e. The molecule has 21 heavy (non-hydrogen) atoms. The lowest BCUT2D eigenvalue weighted by Gasteiger charge is -2.23. The molecule has 124 valence electrons. The Morgan fingerprint density at radius 1 is 1.43 bits per heavy atom. The molecule has 1 rings (SSSR count). The third kappa shape index (κ3) is 9.29. The molecule has 1 unspecified atom stereocenters. The first-order valence-corrected chi connectivity index (χ1v) is 7.19. The minimum atomic E-state index is 0. The fraction of sp³-hybridized carbons (Fsp3) is 0.615. The highest BCUT2D eigenvalue weighted by atomic mass is 35.5. The average molecular weight is 358 g/mol. The Morgan fingerprint density at radius 2 is 2.14 bits per heavy atom. The van der Waals surface area contributed by atoms with Gasteiger partial charge in [0.25, 0.3) is 0 Å². The zero-order valence-corrected chi connectivity index (χ0v) is 15.1. The van der Waals surface area contributed by atoms with Crippen molar-refractivity contribution in [3.63, 3.8) is 0 Å². The quantitative estimate of drug-likeness (QED) is 0.658. The van der Waals surface area contributed by atoms with Crippen LogP contribution in [0.4, 0.5) is 0 Å². The Kier molecular flexibility index (Phi) is 14.5. The second-order valence-corrected chi connectivity index (χ2v) is 5.45. The maximum absolute atomic E-state index is 11.7. The molecule has 0 radical (unpaired) electrons. The van der Waals surface area contributed by atoms with E-state index in [0.29, 0.717) is 26.2 Å². The summed E-state index contributed by atoms with van der Waals surface area (Å²) in [7, 11) is 5.69. The normalized spacial score (nSPS) is 11.4. The lowest BCUT2D eigenvalue weighted by Crippen LogP contribution is -2.39. The SMILES string of the molecule is COCCNCC(=O)NCC(c1cccs1)N(C)C.Cl.Cl. The second-order valence-electron chi connectivity index (χ2n) is 4.47. The summed E-state index contributed by atoms with van der Waals surface area (Å²) in [6, 6.07) is 4.35. The summed E-state index contributed by atoms with van der Waals surface area (Å²) in [6.07, 6.45) is 0. The molecule has 1 amide bonds. The van der Waals surface area contributed by atoms with Crippen LogP contribution in [0.1, 0.15) is 10.9 Å². The Hall–Kier alpha value is -0.370. The molecule has 0 aliphatic carbocycles. The number of thiophene rings is 1. The molecule has 1 heterocycles. The van der Waals surface area contributed by atoms with Gasteiger partial charge >= 0.3 is 0 Å². The van der Waals surface area contributed by atoms with Crippen molar-refractivity contribution in [3.05, 3.63) is 22.4 Å². The number of nitrogens with zero attached hydrogens (tertiary/aromatic N) is 1. The van der Waals surface area contributed by atoms with Crippen LogP contribution in [-0.2, 0) is 9.53 Å². The predicted molar refractivity (Wildman–Crippen MR) is 93.0 cm³/mol. The van der Waals surface area contributed by atoms with E-state index in [1.807, 2.05) is 20.2 Å². The molecule has 0 spiro atoms. The minimum absolute atomic E-state index is 0. The fourth-order valence-electron chi connectivity index (χ4n) is 1.67. The lowest BCUT2D eigenvalue weighted by atomic mass is 10.2. The van der Waals surface area contributed by atoms with Crippen molar-refractivity contribution in [3.8, 4) is 0 Å². The molecule has 2 N–H and O–H groups in total. The van der Waals surface area contributed by atoms with Gasteiger partial charge in [-0.3, -0.25) is 4.79 Å². The zero-order chi connectivity index (χ0) is 14.1. The highest BCUT2D eigenvalue weighted by Crippen LogP contribution is 2.22. The summed E-state index contributed by atoms with van der Waals surface area (Å²) >= 11 is 1.71. The Labute approximate surface area is 143 Å². The van der Waals surface area contributed by atoms with Gasteiger partial charge < -0.3 is 20.3 Å². The van der Waals surface area contributed by atoms with Crippen molar-refractivity contribution in [2.45, 2.75) is 6.04 Å². The number of nitrogens with one attached hydrogen (secondary N) is 2. The molecule has 1 aromatic heterocycles. The third-order valence-electron chi connectivity index (χ3n) is 2.76. The number of carbonyl (C=O) groups is 1. The number of amides is 1. The van der Waals surface area contributed by atoms with E-state index >= 15 is 0 Å². The van der Waals surface area contributed by atoms with Crippen LogP contribution in [0.2, 0.25) is 0 Å². The van der Waals surface area contributed by atoms with Gasteiger partial charge in [0.05, 0.1) is 19.2 Å². The highest BCUT2D eigenvalue weighted by Gasteiger charge is 2.15. The van der Waals surface area contributed by atoms with Gasteiger partial charge in [0.1, 0.15) is 0 Å². The van der Waals surface area contributed by atoms with Gasteiger partial charge in [0, 0.05) is 25.1 Å². The van der Waals surface area contributed by atoms with Gasteiger partial charge in [-0.2, -0.15) is 0 Å². The molecule has 0 fully saturated rings. The monoisotopic (exact) mass is 357 g/mol. The number of hydrogen-bond acceptors (Lipinski definition) is 5. The number of halogens is 2. The first kappa shape index (κ1) is 22.9. The lowest BCUT2D eigenvalue weighted by molar-refractivity contribution is -0.120. The van der Waals surface area contributed by atoms with Crippen LogP contribution in [0.25, 0.3) is 0 Å². The van der Waals surface area contributed by atoms with Crippen LogP contribution in [-0.4, -0.2) is 58.3 Å². The van der Waals surface area contributed by atoms with Crippen LogP contribution < -0.4 is 10.6 Å². The zero-order valence-electron chi connectivity index (χ0n) is 12.6. The van der Waals surface area contributed by atoms with E-state index in [-0.39, 0.29) is 36.8 Å². The fourth-order valence-corrected chi connectivity index (χ4v) is 2.59. The molecule has 0 saturated carbocycles. The van der Waals surface area contributed by atoms with Crippen LogP contribution >= 0.6 is 36.2 Å². The molecular weight excluding hydrogens is 333 g/mol. The minimum Gasteiger partial charge on any atom is -0.383 e. The van der Waals surface area contributed by atoms with E-state index in [1.165, 1.54) is 4.88 Å². The third-order valence-corrected chi connectivity index (χ3v) is 3.73. The van der Waals surface area contributed by atoms with Gasteiger partial charge in [-0.1, -0.05) is 6.07 Å². The van der Waals surface area contributed by atoms with Crippen molar-refractivity contribution >= 4 is 42.1 Å². The van der Waals surface area contributed by atoms with Gasteiger partial charge in [-0.25, -0.2) is 0 Å². The maximum atomic E-state index is 11.7. The van der Waals surface area contributed by atoms with Crippen molar-refractivity contribution in [1.82, 2.24) is 15.5 Å². The number of carbonyl (C=O) groups excluding carboxylic acids is 1. The summed E-state index contributed by atoms with van der Waals surface area (Å²) in [4.78, 5) is 15.1. The van der Waals surface area contributed by atoms with Gasteiger partial charge in [-0.05, 0) is 25.5 Å². The molecular formula is C13H25Cl2N3O2S. The number of methoxy groups -OCH3 is 1. The van der Waals surface area contributed by atoms with Gasteiger partial charge in [0.2, 0.25) is 5.91 Å². The van der Waals surface area contributed by atoms with E-state index in [1.54, 1.807) is 18.4 Å². The summed E-state index contributed by atoms with van der Waals surface area (Å²) in [5.41, 5.74) is 0. The Balaban J connectivity index is 0. The summed E-state index contributed by atoms with van der Waals surface area (Å²) < 4.78 is 4.90. The number of likely N-dealkylation sites (N-methyl/N-ethyl adjacent to an activating group) is 1. The first-order valence-electron chi connectivity index (χ1n) is 6.31. The molecule has 8 heteroatoms. The molecule has 0 aliphatic heterocycles. The van der Waals surface area contributed by atoms with Crippen molar-refractivity contribution in [1.29, 1.82) is 0 Å². The van der Waals surface area contributed by atoms with Crippen molar-refractivity contribution in [2.75, 3.05) is 47.4 Å². The molecule has 0 aliphatic rings. The predicted octanol–water partition coefficient (Wildman–Crippen LogP) is 1.55. The standard InChI is InChI=1S/C13H23N3O2S.2ClH/c1-16(2)11(12-5-4-8-19-12)9-15-13(17)10-14-6-7-18-3;;/h4-5,8,11,14H,6-7,9-10H2,1-3H3,(H,15,17);2*1H. The molecule has 1 aromatic rings. The number of ether oxygens (including phenoxy) is 1. The van der Waals surface area contributed by atoms with E-state index in [2.05, 4.69) is 27.0 Å². The van der Waals surface area contributed by atoms with Crippen LogP contribution in [0.3, 0.4) is 0 Å². The first-order chi connectivity index (χ1) is 9.15. The summed E-state index contributed by atoms with van der Waals surface area (Å²) in [5.74, 6) is 0.0134. The molecule has 0 aromatic carbocycles. The molecule has 0 saturated heterocycles. The number of hydrogen-bond donors (Lipinski definition) is 2. The topological polar surface area (TPSA) is 53.6 Å². The number of rotatable bonds is 9. The van der Waals surface area contributed by atoms with E-state index in [9.17, 15) is 4.79 Å². The Bertz CT molecular complexity index is 364.